The van der Waals surface area contributed by atoms with Crippen LogP contribution in [-0.2, 0) is 0 Å². The second-order valence-electron chi connectivity index (χ2n) is 7.06. The first-order chi connectivity index (χ1) is 14.6. The van der Waals surface area contributed by atoms with E-state index < -0.39 is 6.17 Å². The molecule has 0 bridgehead atoms. The number of hydrogen-bond donors (Lipinski definition) is 1. The van der Waals surface area contributed by atoms with Crippen molar-refractivity contribution in [3.8, 4) is 17.2 Å². The number of para-hydroxylation sites is 1. The van der Waals surface area contributed by atoms with Crippen molar-refractivity contribution in [2.45, 2.75) is 13.1 Å². The normalized spacial score (nSPS) is 15.3. The molecule has 1 aliphatic heterocycles. The number of anilines is 2. The predicted molar refractivity (Wildman–Crippen MR) is 117 cm³/mol. The number of hydrogen-bond acceptors (Lipinski definition) is 5. The first kappa shape index (κ1) is 19.6. The zero-order valence-electron chi connectivity index (χ0n) is 17.4. The molecule has 3 aromatic carbocycles. The molecule has 0 unspecified atom stereocenters. The molecule has 30 heavy (non-hydrogen) atoms. The van der Waals surface area contributed by atoms with Gasteiger partial charge in [0, 0.05) is 16.9 Å². The van der Waals surface area contributed by atoms with Crippen molar-refractivity contribution in [1.82, 2.24) is 0 Å². The second kappa shape index (κ2) is 7.99. The largest absolute Gasteiger partial charge is 0.493 e. The van der Waals surface area contributed by atoms with E-state index in [1.54, 1.807) is 26.2 Å². The van der Waals surface area contributed by atoms with Crippen LogP contribution in [0.1, 0.15) is 27.7 Å². The van der Waals surface area contributed by atoms with Crippen molar-refractivity contribution in [3.63, 3.8) is 0 Å². The molecule has 4 rings (SSSR count). The lowest BCUT2D eigenvalue weighted by Gasteiger charge is -2.38. The Labute approximate surface area is 176 Å². The van der Waals surface area contributed by atoms with Crippen LogP contribution < -0.4 is 24.4 Å². The lowest BCUT2D eigenvalue weighted by Crippen LogP contribution is -2.43. The summed E-state index contributed by atoms with van der Waals surface area (Å²) in [6.07, 6.45) is -0.455. The van der Waals surface area contributed by atoms with Gasteiger partial charge < -0.3 is 19.5 Å². The van der Waals surface area contributed by atoms with Crippen molar-refractivity contribution in [2.75, 3.05) is 31.5 Å². The van der Waals surface area contributed by atoms with Gasteiger partial charge in [-0.25, -0.2) is 0 Å². The van der Waals surface area contributed by atoms with E-state index in [1.807, 2.05) is 67.6 Å². The van der Waals surface area contributed by atoms with Crippen molar-refractivity contribution in [1.29, 1.82) is 0 Å². The summed E-state index contributed by atoms with van der Waals surface area (Å²) in [6.45, 7) is 2.02. The Hall–Kier alpha value is -3.67. The smallest absolute Gasteiger partial charge is 0.262 e. The van der Waals surface area contributed by atoms with Crippen molar-refractivity contribution >= 4 is 17.3 Å². The van der Waals surface area contributed by atoms with E-state index in [2.05, 4.69) is 5.32 Å². The molecule has 1 aliphatic rings. The molecule has 1 heterocycles. The lowest BCUT2D eigenvalue weighted by molar-refractivity contribution is 0.0975. The zero-order valence-corrected chi connectivity index (χ0v) is 17.4. The van der Waals surface area contributed by atoms with Gasteiger partial charge in [0.2, 0.25) is 5.75 Å². The number of nitrogens with one attached hydrogen (secondary N) is 1. The Kier molecular flexibility index (Phi) is 5.23. The summed E-state index contributed by atoms with van der Waals surface area (Å²) in [5.41, 5.74) is 4.14. The fraction of sp³-hybridized carbons (Fsp3) is 0.208. The minimum absolute atomic E-state index is 0.0769. The number of carbonyl (C=O) groups is 1. The number of nitrogens with zero attached hydrogens (tertiary/aromatic N) is 1. The van der Waals surface area contributed by atoms with Gasteiger partial charge in [-0.2, -0.15) is 0 Å². The maximum atomic E-state index is 13.5. The van der Waals surface area contributed by atoms with Crippen molar-refractivity contribution in [3.05, 3.63) is 77.4 Å². The summed E-state index contributed by atoms with van der Waals surface area (Å²) in [6, 6.07) is 19.1. The molecule has 0 aromatic heterocycles. The summed E-state index contributed by atoms with van der Waals surface area (Å²) < 4.78 is 16.5. The van der Waals surface area contributed by atoms with Gasteiger partial charge in [-0.1, -0.05) is 29.8 Å². The van der Waals surface area contributed by atoms with Crippen LogP contribution in [0, 0.1) is 6.92 Å². The topological polar surface area (TPSA) is 60.0 Å². The van der Waals surface area contributed by atoms with Gasteiger partial charge in [-0.3, -0.25) is 9.69 Å². The average Bonchev–Trinajstić information content (AvgIpc) is 2.78. The SMILES string of the molecule is COc1cc([C@H]2Nc3ccccc3C(=O)N2c2ccc(C)cc2)cc(OC)c1OC. The minimum Gasteiger partial charge on any atom is -0.493 e. The minimum atomic E-state index is -0.455. The summed E-state index contributed by atoms with van der Waals surface area (Å²) in [5.74, 6) is 1.49. The summed E-state index contributed by atoms with van der Waals surface area (Å²) >= 11 is 0. The van der Waals surface area contributed by atoms with Crippen molar-refractivity contribution < 1.29 is 19.0 Å². The standard InChI is InChI=1S/C24H24N2O4/c1-15-9-11-17(12-10-15)26-23(25-19-8-6-5-7-18(19)24(26)27)16-13-20(28-2)22(30-4)21(14-16)29-3/h5-14,23,25H,1-4H3/t23-/m0/s1. The molecule has 6 heteroatoms. The molecule has 0 spiro atoms. The van der Waals surface area contributed by atoms with Gasteiger partial charge in [0.1, 0.15) is 6.17 Å². The highest BCUT2D eigenvalue weighted by atomic mass is 16.5. The molecule has 0 saturated heterocycles. The number of methoxy groups -OCH3 is 3. The summed E-state index contributed by atoms with van der Waals surface area (Å²) in [5, 5.41) is 3.50. The molecule has 6 nitrogen and oxygen atoms in total. The Balaban J connectivity index is 1.89. The van der Waals surface area contributed by atoms with Crippen LogP contribution in [0.4, 0.5) is 11.4 Å². The number of carbonyl (C=O) groups excluding carboxylic acids is 1. The molecule has 1 atom stereocenters. The fourth-order valence-corrected chi connectivity index (χ4v) is 3.72. The van der Waals surface area contributed by atoms with Crippen LogP contribution >= 0.6 is 0 Å². The van der Waals surface area contributed by atoms with Crippen LogP contribution in [0.2, 0.25) is 0 Å². The third-order valence-corrected chi connectivity index (χ3v) is 5.24. The Morgan fingerprint density at radius 1 is 0.867 bits per heavy atom. The molecule has 0 fully saturated rings. The number of benzene rings is 3. The highest BCUT2D eigenvalue weighted by Gasteiger charge is 2.35. The quantitative estimate of drug-likeness (QED) is 0.662. The maximum absolute atomic E-state index is 13.5. The molecular weight excluding hydrogens is 380 g/mol. The molecule has 0 radical (unpaired) electrons. The third kappa shape index (κ3) is 3.30. The van der Waals surface area contributed by atoms with Gasteiger partial charge in [-0.05, 0) is 43.3 Å². The fourth-order valence-electron chi connectivity index (χ4n) is 3.72. The number of aryl methyl sites for hydroxylation is 1. The summed E-state index contributed by atoms with van der Waals surface area (Å²) in [7, 11) is 4.72. The van der Waals surface area contributed by atoms with Crippen LogP contribution in [0.25, 0.3) is 0 Å². The van der Waals surface area contributed by atoms with Gasteiger partial charge in [0.05, 0.1) is 26.9 Å². The first-order valence-corrected chi connectivity index (χ1v) is 9.63. The second-order valence-corrected chi connectivity index (χ2v) is 7.06. The zero-order chi connectivity index (χ0) is 21.3. The van der Waals surface area contributed by atoms with E-state index in [0.717, 1.165) is 22.5 Å². The number of fused-ring (bicyclic) bond motifs is 1. The van der Waals surface area contributed by atoms with Crippen LogP contribution in [0.15, 0.2) is 60.7 Å². The maximum Gasteiger partial charge on any atom is 0.262 e. The number of ether oxygens (including phenoxy) is 3. The third-order valence-electron chi connectivity index (χ3n) is 5.24. The first-order valence-electron chi connectivity index (χ1n) is 9.63. The number of rotatable bonds is 5. The van der Waals surface area contributed by atoms with Gasteiger partial charge >= 0.3 is 0 Å². The van der Waals surface area contributed by atoms with E-state index in [0.29, 0.717) is 22.8 Å². The monoisotopic (exact) mass is 404 g/mol. The molecule has 1 N–H and O–H groups in total. The Morgan fingerprint density at radius 2 is 1.50 bits per heavy atom. The van der Waals surface area contributed by atoms with E-state index >= 15 is 0 Å². The molecule has 1 amide bonds. The van der Waals surface area contributed by atoms with Gasteiger partial charge in [-0.15, -0.1) is 0 Å². The average molecular weight is 404 g/mol. The highest BCUT2D eigenvalue weighted by Crippen LogP contribution is 2.43. The van der Waals surface area contributed by atoms with Crippen LogP contribution in [-0.4, -0.2) is 27.2 Å². The summed E-state index contributed by atoms with van der Waals surface area (Å²) in [4.78, 5) is 15.3. The predicted octanol–water partition coefficient (Wildman–Crippen LogP) is 4.79. The lowest BCUT2D eigenvalue weighted by atomic mass is 10.0. The number of amides is 1. The van der Waals surface area contributed by atoms with E-state index in [4.69, 9.17) is 14.2 Å². The van der Waals surface area contributed by atoms with Crippen LogP contribution in [0.3, 0.4) is 0 Å². The van der Waals surface area contributed by atoms with Gasteiger partial charge in [0.25, 0.3) is 5.91 Å². The molecular formula is C24H24N2O4. The van der Waals surface area contributed by atoms with Gasteiger partial charge in [0.15, 0.2) is 11.5 Å². The van der Waals surface area contributed by atoms with Crippen molar-refractivity contribution in [2.24, 2.45) is 0 Å². The molecule has 0 aliphatic carbocycles. The van der Waals surface area contributed by atoms with E-state index in [1.165, 1.54) is 0 Å². The van der Waals surface area contributed by atoms with E-state index in [-0.39, 0.29) is 5.91 Å². The highest BCUT2D eigenvalue weighted by molar-refractivity contribution is 6.12. The molecule has 154 valence electrons. The Bertz CT molecular complexity index is 1050. The van der Waals surface area contributed by atoms with Crippen LogP contribution in [0.5, 0.6) is 17.2 Å². The van der Waals surface area contributed by atoms with E-state index in [9.17, 15) is 4.79 Å². The molecule has 3 aromatic rings. The Morgan fingerprint density at radius 3 is 2.10 bits per heavy atom. The molecule has 0 saturated carbocycles.